The van der Waals surface area contributed by atoms with Crippen LogP contribution >= 0.6 is 34.5 Å². The molecule has 1 aromatic heterocycles. The Morgan fingerprint density at radius 2 is 1.78 bits per heavy atom. The molecule has 4 aromatic rings. The lowest BCUT2D eigenvalue weighted by Gasteiger charge is -2.17. The van der Waals surface area contributed by atoms with Gasteiger partial charge in [0.15, 0.2) is 0 Å². The normalized spacial score (nSPS) is 11.8. The number of benzene rings is 3. The first-order valence-corrected chi connectivity index (χ1v) is 11.6. The van der Waals surface area contributed by atoms with Crippen LogP contribution in [-0.2, 0) is 6.42 Å². The van der Waals surface area contributed by atoms with Gasteiger partial charge in [-0.15, -0.1) is 11.3 Å². The van der Waals surface area contributed by atoms with E-state index in [1.165, 1.54) is 0 Å². The molecular weight excluding hydrogens is 465 g/mol. The third-order valence-corrected chi connectivity index (χ3v) is 6.40. The van der Waals surface area contributed by atoms with Crippen LogP contribution < -0.4 is 5.32 Å². The van der Waals surface area contributed by atoms with Crippen LogP contribution in [0.3, 0.4) is 0 Å². The maximum atomic E-state index is 11.6. The minimum Gasteiger partial charge on any atom is -0.379 e. The monoisotopic (exact) mass is 483 g/mol. The molecule has 1 unspecified atom stereocenters. The lowest BCUT2D eigenvalue weighted by Crippen LogP contribution is -2.09. The molecule has 3 aromatic carbocycles. The fourth-order valence-electron chi connectivity index (χ4n) is 3.58. The van der Waals surface area contributed by atoms with E-state index in [9.17, 15) is 10.1 Å². The number of nitrogens with one attached hydrogen (secondary N) is 1. The Bertz CT molecular complexity index is 1210. The number of hydrogen-bond acceptors (Lipinski definition) is 5. The van der Waals surface area contributed by atoms with Crippen molar-refractivity contribution in [3.05, 3.63) is 120 Å². The van der Waals surface area contributed by atoms with Crippen molar-refractivity contribution in [3.63, 3.8) is 0 Å². The molecule has 5 nitrogen and oxygen atoms in total. The van der Waals surface area contributed by atoms with Gasteiger partial charge in [-0.25, -0.2) is 4.98 Å². The zero-order chi connectivity index (χ0) is 22.5. The Balaban J connectivity index is 1.65. The van der Waals surface area contributed by atoms with Crippen molar-refractivity contribution in [3.8, 4) is 0 Å². The molecule has 0 aliphatic heterocycles. The van der Waals surface area contributed by atoms with E-state index in [0.717, 1.165) is 21.7 Å². The topological polar surface area (TPSA) is 68.1 Å². The first-order valence-electron chi connectivity index (χ1n) is 9.93. The van der Waals surface area contributed by atoms with E-state index in [2.05, 4.69) is 10.3 Å². The SMILES string of the molecule is O=[N+]([O-])c1ccc(C(c2ccc(Cl)cc2)c2nccs2)cc1NCCc1cccc(Cl)c1. The van der Waals surface area contributed by atoms with Gasteiger partial charge in [0.1, 0.15) is 10.7 Å². The summed E-state index contributed by atoms with van der Waals surface area (Å²) in [4.78, 5) is 15.8. The molecule has 0 spiro atoms. The van der Waals surface area contributed by atoms with Crippen molar-refractivity contribution in [1.82, 2.24) is 4.98 Å². The predicted octanol–water partition coefficient (Wildman–Crippen LogP) is 7.19. The maximum absolute atomic E-state index is 11.6. The molecule has 0 aliphatic carbocycles. The van der Waals surface area contributed by atoms with Crippen LogP contribution in [0.25, 0.3) is 0 Å². The summed E-state index contributed by atoms with van der Waals surface area (Å²) in [6, 6.07) is 20.4. The first kappa shape index (κ1) is 22.3. The zero-order valence-corrected chi connectivity index (χ0v) is 19.2. The van der Waals surface area contributed by atoms with Crippen molar-refractivity contribution >= 4 is 45.9 Å². The van der Waals surface area contributed by atoms with Gasteiger partial charge in [-0.1, -0.05) is 53.5 Å². The quantitative estimate of drug-likeness (QED) is 0.212. The summed E-state index contributed by atoms with van der Waals surface area (Å²) in [5.41, 5.74) is 3.51. The van der Waals surface area contributed by atoms with E-state index in [1.807, 2.05) is 60.0 Å². The number of nitro benzene ring substituents is 1. The van der Waals surface area contributed by atoms with Crippen LogP contribution in [0.15, 0.2) is 78.3 Å². The molecule has 8 heteroatoms. The number of halogens is 2. The Morgan fingerprint density at radius 1 is 1.00 bits per heavy atom. The Hall–Kier alpha value is -2.93. The van der Waals surface area contributed by atoms with Gasteiger partial charge in [-0.2, -0.15) is 0 Å². The van der Waals surface area contributed by atoms with Gasteiger partial charge >= 0.3 is 0 Å². The fraction of sp³-hybridized carbons (Fsp3) is 0.125. The summed E-state index contributed by atoms with van der Waals surface area (Å²) >= 11 is 13.7. The number of nitro groups is 1. The number of anilines is 1. The largest absolute Gasteiger partial charge is 0.379 e. The number of hydrogen-bond donors (Lipinski definition) is 1. The standard InChI is InChI=1S/C24H19Cl2N3O2S/c25-19-7-4-17(5-8-19)23(24-28-12-13-32-24)18-6-9-22(29(30)31)21(15-18)27-11-10-16-2-1-3-20(26)14-16/h1-9,12-15,23,27H,10-11H2. The highest BCUT2D eigenvalue weighted by atomic mass is 35.5. The molecule has 1 N–H and O–H groups in total. The van der Waals surface area contributed by atoms with Crippen LogP contribution in [-0.4, -0.2) is 16.5 Å². The summed E-state index contributed by atoms with van der Waals surface area (Å²) in [5, 5.41) is 19.0. The average molecular weight is 484 g/mol. The summed E-state index contributed by atoms with van der Waals surface area (Å²) < 4.78 is 0. The van der Waals surface area contributed by atoms with Gasteiger partial charge in [0.2, 0.25) is 0 Å². The highest BCUT2D eigenvalue weighted by molar-refractivity contribution is 7.09. The highest BCUT2D eigenvalue weighted by Crippen LogP contribution is 2.37. The molecule has 0 bridgehead atoms. The summed E-state index contributed by atoms with van der Waals surface area (Å²) in [6.45, 7) is 0.535. The van der Waals surface area contributed by atoms with E-state index < -0.39 is 0 Å². The Labute approximate surface area is 199 Å². The molecule has 1 heterocycles. The van der Waals surface area contributed by atoms with Gasteiger partial charge in [-0.05, 0) is 53.4 Å². The predicted molar refractivity (Wildman–Crippen MR) is 131 cm³/mol. The second-order valence-corrected chi connectivity index (χ2v) is 8.99. The highest BCUT2D eigenvalue weighted by Gasteiger charge is 2.23. The molecule has 0 amide bonds. The average Bonchev–Trinajstić information content (AvgIpc) is 3.30. The fourth-order valence-corrected chi connectivity index (χ4v) is 4.71. The first-order chi connectivity index (χ1) is 15.5. The minimum atomic E-state index is -0.369. The van der Waals surface area contributed by atoms with E-state index in [1.54, 1.807) is 29.7 Å². The van der Waals surface area contributed by atoms with Gasteiger partial charge in [-0.3, -0.25) is 10.1 Å². The minimum absolute atomic E-state index is 0.0360. The second kappa shape index (κ2) is 10.1. The lowest BCUT2D eigenvalue weighted by molar-refractivity contribution is -0.384. The molecule has 0 fully saturated rings. The van der Waals surface area contributed by atoms with Crippen LogP contribution in [0, 0.1) is 10.1 Å². The Kier molecular flexibility index (Phi) is 7.05. The van der Waals surface area contributed by atoms with Crippen LogP contribution in [0.1, 0.15) is 27.6 Å². The number of thiazole rings is 1. The summed E-state index contributed by atoms with van der Waals surface area (Å²) in [6.07, 6.45) is 2.45. The molecule has 162 valence electrons. The number of rotatable bonds is 8. The number of nitrogens with zero attached hydrogens (tertiary/aromatic N) is 2. The molecule has 4 rings (SSSR count). The Morgan fingerprint density at radius 3 is 2.47 bits per heavy atom. The third kappa shape index (κ3) is 5.27. The molecule has 1 atom stereocenters. The zero-order valence-electron chi connectivity index (χ0n) is 16.9. The van der Waals surface area contributed by atoms with Crippen molar-refractivity contribution < 1.29 is 4.92 Å². The van der Waals surface area contributed by atoms with Gasteiger partial charge < -0.3 is 5.32 Å². The van der Waals surface area contributed by atoms with E-state index >= 15 is 0 Å². The molecular formula is C24H19Cl2N3O2S. The van der Waals surface area contributed by atoms with E-state index in [-0.39, 0.29) is 16.5 Å². The molecule has 0 aliphatic rings. The van der Waals surface area contributed by atoms with Crippen molar-refractivity contribution in [2.45, 2.75) is 12.3 Å². The van der Waals surface area contributed by atoms with Crippen molar-refractivity contribution in [2.24, 2.45) is 0 Å². The molecule has 0 saturated heterocycles. The lowest BCUT2D eigenvalue weighted by atomic mass is 9.91. The molecule has 0 radical (unpaired) electrons. The van der Waals surface area contributed by atoms with Gasteiger partial charge in [0.05, 0.1) is 10.8 Å². The molecule has 0 saturated carbocycles. The second-order valence-electron chi connectivity index (χ2n) is 7.20. The maximum Gasteiger partial charge on any atom is 0.292 e. The van der Waals surface area contributed by atoms with Gasteiger partial charge in [0, 0.05) is 34.2 Å². The van der Waals surface area contributed by atoms with Crippen molar-refractivity contribution in [2.75, 3.05) is 11.9 Å². The van der Waals surface area contributed by atoms with E-state index in [4.69, 9.17) is 23.2 Å². The van der Waals surface area contributed by atoms with Crippen molar-refractivity contribution in [1.29, 1.82) is 0 Å². The van der Waals surface area contributed by atoms with E-state index in [0.29, 0.717) is 28.7 Å². The summed E-state index contributed by atoms with van der Waals surface area (Å²) in [7, 11) is 0. The molecule has 32 heavy (non-hydrogen) atoms. The summed E-state index contributed by atoms with van der Waals surface area (Å²) in [5.74, 6) is -0.151. The van der Waals surface area contributed by atoms with Gasteiger partial charge in [0.25, 0.3) is 5.69 Å². The van der Waals surface area contributed by atoms with Crippen LogP contribution in [0.5, 0.6) is 0 Å². The third-order valence-electron chi connectivity index (χ3n) is 5.07. The van der Waals surface area contributed by atoms with Crippen LogP contribution in [0.4, 0.5) is 11.4 Å². The number of aromatic nitrogens is 1. The van der Waals surface area contributed by atoms with Crippen LogP contribution in [0.2, 0.25) is 10.0 Å². The smallest absolute Gasteiger partial charge is 0.292 e.